The van der Waals surface area contributed by atoms with Gasteiger partial charge in [-0.05, 0) is 60.9 Å². The Morgan fingerprint density at radius 3 is 2.22 bits per heavy atom. The van der Waals surface area contributed by atoms with Crippen LogP contribution < -0.4 is 15.0 Å². The predicted molar refractivity (Wildman–Crippen MR) is 110 cm³/mol. The molecule has 142 valence electrons. The van der Waals surface area contributed by atoms with Crippen molar-refractivity contribution < 1.29 is 9.47 Å². The summed E-state index contributed by atoms with van der Waals surface area (Å²) < 4.78 is 12.4. The van der Waals surface area contributed by atoms with E-state index in [2.05, 4.69) is 6.92 Å². The second kappa shape index (κ2) is 8.76. The van der Waals surface area contributed by atoms with E-state index in [1.165, 1.54) is 19.3 Å². The fraction of sp³-hybridized carbons (Fsp3) is 0.348. The lowest BCUT2D eigenvalue weighted by molar-refractivity contribution is 0.414. The van der Waals surface area contributed by atoms with E-state index in [1.807, 2.05) is 42.5 Å². The van der Waals surface area contributed by atoms with Gasteiger partial charge < -0.3 is 9.47 Å². The molecule has 0 aliphatic carbocycles. The van der Waals surface area contributed by atoms with Crippen LogP contribution in [0.1, 0.15) is 38.2 Å². The van der Waals surface area contributed by atoms with Crippen LogP contribution in [0.25, 0.3) is 16.6 Å². The van der Waals surface area contributed by atoms with Crippen LogP contribution in [0.15, 0.2) is 53.3 Å². The average molecular weight is 365 g/mol. The van der Waals surface area contributed by atoms with Gasteiger partial charge in [0, 0.05) is 17.1 Å². The molecule has 0 unspecified atom stereocenters. The van der Waals surface area contributed by atoms with Crippen LogP contribution in [0.2, 0.25) is 0 Å². The van der Waals surface area contributed by atoms with Gasteiger partial charge in [-0.25, -0.2) is 0 Å². The number of nitrogens with zero attached hydrogens (tertiary/aromatic N) is 1. The van der Waals surface area contributed by atoms with Crippen LogP contribution in [-0.2, 0) is 6.42 Å². The number of rotatable bonds is 8. The molecule has 3 aromatic rings. The number of hydrogen-bond acceptors (Lipinski definition) is 3. The van der Waals surface area contributed by atoms with Crippen LogP contribution in [0.3, 0.4) is 0 Å². The second-order valence-electron chi connectivity index (χ2n) is 6.73. The van der Waals surface area contributed by atoms with E-state index < -0.39 is 0 Å². The van der Waals surface area contributed by atoms with Crippen molar-refractivity contribution in [2.45, 2.75) is 39.0 Å². The highest BCUT2D eigenvalue weighted by atomic mass is 16.5. The Bertz CT molecular complexity index is 958. The van der Waals surface area contributed by atoms with Crippen LogP contribution in [-0.4, -0.2) is 18.8 Å². The smallest absolute Gasteiger partial charge is 0.255 e. The van der Waals surface area contributed by atoms with Crippen molar-refractivity contribution in [3.63, 3.8) is 0 Å². The first kappa shape index (κ1) is 19.0. The Balaban J connectivity index is 2.11. The summed E-state index contributed by atoms with van der Waals surface area (Å²) in [5.41, 5.74) is 2.81. The summed E-state index contributed by atoms with van der Waals surface area (Å²) in [6, 6.07) is 15.2. The van der Waals surface area contributed by atoms with Gasteiger partial charge in [0.2, 0.25) is 0 Å². The maximum Gasteiger partial charge on any atom is 0.255 e. The normalized spacial score (nSPS) is 10.9. The minimum Gasteiger partial charge on any atom is -0.497 e. The molecule has 3 rings (SSSR count). The molecule has 4 heteroatoms. The van der Waals surface area contributed by atoms with Crippen molar-refractivity contribution in [1.29, 1.82) is 0 Å². The fourth-order valence-corrected chi connectivity index (χ4v) is 3.45. The zero-order valence-corrected chi connectivity index (χ0v) is 16.3. The number of pyridine rings is 1. The van der Waals surface area contributed by atoms with Gasteiger partial charge in [0.05, 0.1) is 19.7 Å². The van der Waals surface area contributed by atoms with Crippen molar-refractivity contribution in [2.75, 3.05) is 14.2 Å². The Kier molecular flexibility index (Phi) is 6.17. The van der Waals surface area contributed by atoms with E-state index in [-0.39, 0.29) is 5.56 Å². The molecule has 0 radical (unpaired) electrons. The first-order valence-corrected chi connectivity index (χ1v) is 9.55. The molecule has 0 amide bonds. The molecule has 0 spiro atoms. The van der Waals surface area contributed by atoms with Gasteiger partial charge in [-0.1, -0.05) is 26.2 Å². The molecule has 0 atom stereocenters. The van der Waals surface area contributed by atoms with E-state index in [9.17, 15) is 4.79 Å². The number of unbranched alkanes of at least 4 members (excludes halogenated alkanes) is 3. The van der Waals surface area contributed by atoms with Gasteiger partial charge in [-0.2, -0.15) is 0 Å². The van der Waals surface area contributed by atoms with E-state index in [4.69, 9.17) is 9.47 Å². The molecule has 0 saturated carbocycles. The van der Waals surface area contributed by atoms with Gasteiger partial charge in [0.1, 0.15) is 11.5 Å². The fourth-order valence-electron chi connectivity index (χ4n) is 3.45. The standard InChI is InChI=1S/C23H27NO3/c1-4-5-6-7-8-17-15-23(25)24(18-9-11-19(26-2)12-10-18)22-14-13-20(27-3)16-21(17)22/h9-16H,4-8H2,1-3H3. The van der Waals surface area contributed by atoms with Gasteiger partial charge in [0.25, 0.3) is 5.56 Å². The third-order valence-corrected chi connectivity index (χ3v) is 4.94. The Morgan fingerprint density at radius 1 is 0.852 bits per heavy atom. The van der Waals surface area contributed by atoms with Crippen molar-refractivity contribution in [2.24, 2.45) is 0 Å². The molecular formula is C23H27NO3. The van der Waals surface area contributed by atoms with Crippen molar-refractivity contribution in [3.05, 3.63) is 64.4 Å². The van der Waals surface area contributed by atoms with E-state index >= 15 is 0 Å². The monoisotopic (exact) mass is 365 g/mol. The van der Waals surface area contributed by atoms with E-state index in [1.54, 1.807) is 24.9 Å². The quantitative estimate of drug-likeness (QED) is 0.520. The average Bonchev–Trinajstić information content (AvgIpc) is 2.71. The summed E-state index contributed by atoms with van der Waals surface area (Å²) in [6.07, 6.45) is 5.61. The van der Waals surface area contributed by atoms with Gasteiger partial charge in [-0.15, -0.1) is 0 Å². The largest absolute Gasteiger partial charge is 0.497 e. The number of fused-ring (bicyclic) bond motifs is 1. The summed E-state index contributed by atoms with van der Waals surface area (Å²) in [4.78, 5) is 13.0. The molecule has 0 fully saturated rings. The van der Waals surface area contributed by atoms with Crippen molar-refractivity contribution in [1.82, 2.24) is 4.57 Å². The number of ether oxygens (including phenoxy) is 2. The third kappa shape index (κ3) is 4.16. The van der Waals surface area contributed by atoms with Crippen molar-refractivity contribution >= 4 is 10.9 Å². The van der Waals surface area contributed by atoms with Crippen LogP contribution in [0.5, 0.6) is 11.5 Å². The number of aryl methyl sites for hydroxylation is 1. The molecule has 0 aliphatic rings. The molecule has 1 aromatic heterocycles. The Hall–Kier alpha value is -2.75. The lowest BCUT2D eigenvalue weighted by Crippen LogP contribution is -2.19. The molecule has 4 nitrogen and oxygen atoms in total. The van der Waals surface area contributed by atoms with Crippen molar-refractivity contribution in [3.8, 4) is 17.2 Å². The summed E-state index contributed by atoms with van der Waals surface area (Å²) >= 11 is 0. The minimum atomic E-state index is -0.0108. The minimum absolute atomic E-state index is 0.0108. The summed E-state index contributed by atoms with van der Waals surface area (Å²) in [5, 5.41) is 1.07. The van der Waals surface area contributed by atoms with Crippen LogP contribution >= 0.6 is 0 Å². The zero-order valence-electron chi connectivity index (χ0n) is 16.3. The molecule has 2 aromatic carbocycles. The highest BCUT2D eigenvalue weighted by molar-refractivity contribution is 5.85. The highest BCUT2D eigenvalue weighted by Crippen LogP contribution is 2.26. The maximum atomic E-state index is 13.0. The topological polar surface area (TPSA) is 40.5 Å². The molecule has 0 aliphatic heterocycles. The molecule has 1 heterocycles. The number of hydrogen-bond donors (Lipinski definition) is 0. The molecule has 27 heavy (non-hydrogen) atoms. The molecule has 0 saturated heterocycles. The number of benzene rings is 2. The lowest BCUT2D eigenvalue weighted by Gasteiger charge is -2.15. The molecule has 0 bridgehead atoms. The second-order valence-corrected chi connectivity index (χ2v) is 6.73. The highest BCUT2D eigenvalue weighted by Gasteiger charge is 2.12. The van der Waals surface area contributed by atoms with E-state index in [0.29, 0.717) is 0 Å². The summed E-state index contributed by atoms with van der Waals surface area (Å²) in [6.45, 7) is 2.20. The van der Waals surface area contributed by atoms with Gasteiger partial charge >= 0.3 is 0 Å². The molecular weight excluding hydrogens is 338 g/mol. The van der Waals surface area contributed by atoms with Gasteiger partial charge in [-0.3, -0.25) is 9.36 Å². The number of methoxy groups -OCH3 is 2. The summed E-state index contributed by atoms with van der Waals surface area (Å²) in [7, 11) is 3.30. The molecule has 0 N–H and O–H groups in total. The first-order valence-electron chi connectivity index (χ1n) is 9.55. The number of aromatic nitrogens is 1. The lowest BCUT2D eigenvalue weighted by atomic mass is 10.0. The maximum absolute atomic E-state index is 13.0. The predicted octanol–water partition coefficient (Wildman–Crippen LogP) is 5.13. The van der Waals surface area contributed by atoms with Crippen LogP contribution in [0, 0.1) is 0 Å². The Morgan fingerprint density at radius 2 is 1.56 bits per heavy atom. The first-order chi connectivity index (χ1) is 13.2. The third-order valence-electron chi connectivity index (χ3n) is 4.94. The SMILES string of the molecule is CCCCCCc1cc(=O)n(-c2ccc(OC)cc2)c2ccc(OC)cc12. The zero-order chi connectivity index (χ0) is 19.2. The summed E-state index contributed by atoms with van der Waals surface area (Å²) in [5.74, 6) is 1.57. The Labute approximate surface area is 160 Å². The van der Waals surface area contributed by atoms with Gasteiger partial charge in [0.15, 0.2) is 0 Å². The van der Waals surface area contributed by atoms with Crippen LogP contribution in [0.4, 0.5) is 0 Å². The van der Waals surface area contributed by atoms with E-state index in [0.717, 1.165) is 46.5 Å².